The summed E-state index contributed by atoms with van der Waals surface area (Å²) in [5.41, 5.74) is 1.64. The van der Waals surface area contributed by atoms with E-state index in [4.69, 9.17) is 0 Å². The first-order valence-corrected chi connectivity index (χ1v) is 11.0. The number of nitrogens with zero attached hydrogens (tertiary/aromatic N) is 4. The second-order valence-corrected chi connectivity index (χ2v) is 9.09. The standard InChI is InChI=1S/C21H24N4O3S/c1-23-12-13-25(18(14-23)16-8-4-3-5-9-16)20(26)15-24(2)21-17-10-6-7-11-19(17)29(27,28)22-21/h3-11,18H,12-15H2,1-2H3. The maximum atomic E-state index is 13.2. The van der Waals surface area contributed by atoms with Gasteiger partial charge in [-0.05, 0) is 24.7 Å². The van der Waals surface area contributed by atoms with Crippen LogP contribution in [0.1, 0.15) is 17.2 Å². The van der Waals surface area contributed by atoms with Crippen molar-refractivity contribution in [3.05, 3.63) is 65.7 Å². The normalized spacial score (nSPS) is 20.8. The van der Waals surface area contributed by atoms with E-state index in [9.17, 15) is 13.2 Å². The average molecular weight is 413 g/mol. The second-order valence-electron chi connectivity index (χ2n) is 7.52. The minimum atomic E-state index is -3.71. The van der Waals surface area contributed by atoms with Crippen molar-refractivity contribution >= 4 is 21.8 Å². The Morgan fingerprint density at radius 2 is 1.79 bits per heavy atom. The number of carbonyl (C=O) groups is 1. The second kappa shape index (κ2) is 7.61. The predicted molar refractivity (Wildman–Crippen MR) is 111 cm³/mol. The van der Waals surface area contributed by atoms with Crippen LogP contribution in [0.3, 0.4) is 0 Å². The minimum absolute atomic E-state index is 0.0302. The van der Waals surface area contributed by atoms with Crippen molar-refractivity contribution < 1.29 is 13.2 Å². The van der Waals surface area contributed by atoms with Crippen molar-refractivity contribution in [1.29, 1.82) is 0 Å². The van der Waals surface area contributed by atoms with Gasteiger partial charge in [0.05, 0.1) is 12.6 Å². The molecule has 0 saturated carbocycles. The van der Waals surface area contributed by atoms with Crippen molar-refractivity contribution in [1.82, 2.24) is 14.7 Å². The fourth-order valence-electron chi connectivity index (χ4n) is 3.91. The number of amidine groups is 1. The summed E-state index contributed by atoms with van der Waals surface area (Å²) in [5, 5.41) is 0. The highest BCUT2D eigenvalue weighted by molar-refractivity contribution is 7.90. The first kappa shape index (κ1) is 19.6. The summed E-state index contributed by atoms with van der Waals surface area (Å²) in [6.45, 7) is 2.26. The summed E-state index contributed by atoms with van der Waals surface area (Å²) < 4.78 is 28.5. The number of likely N-dealkylation sites (N-methyl/N-ethyl adjacent to an activating group) is 2. The van der Waals surface area contributed by atoms with Gasteiger partial charge in [0.25, 0.3) is 10.0 Å². The van der Waals surface area contributed by atoms with E-state index in [1.807, 2.05) is 35.2 Å². The van der Waals surface area contributed by atoms with Gasteiger partial charge in [-0.25, -0.2) is 0 Å². The third kappa shape index (κ3) is 3.77. The van der Waals surface area contributed by atoms with Gasteiger partial charge in [-0.1, -0.05) is 42.5 Å². The van der Waals surface area contributed by atoms with Crippen molar-refractivity contribution in [3.63, 3.8) is 0 Å². The molecule has 0 aromatic heterocycles. The summed E-state index contributed by atoms with van der Waals surface area (Å²) in [6, 6.07) is 16.7. The Hall–Kier alpha value is -2.71. The van der Waals surface area contributed by atoms with E-state index < -0.39 is 10.0 Å². The first-order chi connectivity index (χ1) is 13.9. The van der Waals surface area contributed by atoms with E-state index in [0.717, 1.165) is 18.7 Å². The number of carbonyl (C=O) groups excluding carboxylic acids is 1. The molecule has 1 unspecified atom stereocenters. The van der Waals surface area contributed by atoms with Crippen molar-refractivity contribution in [2.45, 2.75) is 10.9 Å². The number of rotatable bonds is 3. The molecule has 0 bridgehead atoms. The molecule has 152 valence electrons. The molecular formula is C21H24N4O3S. The zero-order valence-electron chi connectivity index (χ0n) is 16.5. The van der Waals surface area contributed by atoms with Crippen LogP contribution >= 0.6 is 0 Å². The fourth-order valence-corrected chi connectivity index (χ4v) is 5.16. The van der Waals surface area contributed by atoms with Crippen LogP contribution in [-0.4, -0.2) is 75.1 Å². The van der Waals surface area contributed by atoms with Crippen molar-refractivity contribution in [2.24, 2.45) is 4.40 Å². The van der Waals surface area contributed by atoms with Gasteiger partial charge in [-0.2, -0.15) is 8.42 Å². The molecule has 0 N–H and O–H groups in total. The van der Waals surface area contributed by atoms with Gasteiger partial charge >= 0.3 is 0 Å². The zero-order chi connectivity index (χ0) is 20.6. The lowest BCUT2D eigenvalue weighted by Crippen LogP contribution is -2.52. The fraction of sp³-hybridized carbons (Fsp3) is 0.333. The van der Waals surface area contributed by atoms with Crippen LogP contribution in [0, 0.1) is 0 Å². The SMILES string of the molecule is CN1CCN(C(=O)CN(C)C2=NS(=O)(=O)c3ccccc32)C(c2ccccc2)C1. The Morgan fingerprint density at radius 1 is 1.10 bits per heavy atom. The van der Waals surface area contributed by atoms with Gasteiger partial charge < -0.3 is 14.7 Å². The van der Waals surface area contributed by atoms with Gasteiger partial charge in [0, 0.05) is 32.2 Å². The van der Waals surface area contributed by atoms with E-state index in [1.54, 1.807) is 36.2 Å². The molecule has 1 saturated heterocycles. The Bertz CT molecular complexity index is 1050. The molecule has 1 atom stereocenters. The Balaban J connectivity index is 1.56. The Morgan fingerprint density at radius 3 is 2.55 bits per heavy atom. The topological polar surface area (TPSA) is 73.3 Å². The van der Waals surface area contributed by atoms with Crippen LogP contribution in [-0.2, 0) is 14.8 Å². The molecule has 4 rings (SSSR count). The summed E-state index contributed by atoms with van der Waals surface area (Å²) in [5.74, 6) is 0.276. The van der Waals surface area contributed by atoms with Crippen LogP contribution in [0.4, 0.5) is 0 Å². The monoisotopic (exact) mass is 412 g/mol. The highest BCUT2D eigenvalue weighted by atomic mass is 32.2. The molecule has 0 spiro atoms. The molecule has 2 aliphatic rings. The van der Waals surface area contributed by atoms with Gasteiger partial charge in [0.1, 0.15) is 4.90 Å². The maximum Gasteiger partial charge on any atom is 0.285 e. The lowest BCUT2D eigenvalue weighted by Gasteiger charge is -2.41. The third-order valence-corrected chi connectivity index (χ3v) is 6.76. The predicted octanol–water partition coefficient (Wildman–Crippen LogP) is 1.58. The zero-order valence-corrected chi connectivity index (χ0v) is 17.3. The first-order valence-electron chi connectivity index (χ1n) is 9.55. The summed E-state index contributed by atoms with van der Waals surface area (Å²) in [7, 11) is 0.0580. The number of fused-ring (bicyclic) bond motifs is 1. The quantitative estimate of drug-likeness (QED) is 0.765. The van der Waals surface area contributed by atoms with Crippen molar-refractivity contribution in [2.75, 3.05) is 40.3 Å². The molecule has 7 nitrogen and oxygen atoms in total. The lowest BCUT2D eigenvalue weighted by molar-refractivity contribution is -0.136. The average Bonchev–Trinajstić information content (AvgIpc) is 3.00. The number of hydrogen-bond donors (Lipinski definition) is 0. The molecule has 2 aromatic carbocycles. The smallest absolute Gasteiger partial charge is 0.285 e. The van der Waals surface area contributed by atoms with Crippen molar-refractivity contribution in [3.8, 4) is 0 Å². The summed E-state index contributed by atoms with van der Waals surface area (Å²) in [4.78, 5) is 19.1. The molecule has 2 heterocycles. The number of piperazine rings is 1. The molecule has 2 aliphatic heterocycles. The molecule has 29 heavy (non-hydrogen) atoms. The maximum absolute atomic E-state index is 13.2. The van der Waals surface area contributed by atoms with Crippen LogP contribution < -0.4 is 0 Å². The van der Waals surface area contributed by atoms with Crippen LogP contribution in [0.25, 0.3) is 0 Å². The van der Waals surface area contributed by atoms with Gasteiger partial charge in [-0.15, -0.1) is 4.40 Å². The lowest BCUT2D eigenvalue weighted by atomic mass is 10.0. The molecule has 1 fully saturated rings. The molecule has 1 amide bonds. The Kier molecular flexibility index (Phi) is 5.14. The van der Waals surface area contributed by atoms with E-state index in [2.05, 4.69) is 16.3 Å². The number of amides is 1. The van der Waals surface area contributed by atoms with E-state index in [1.165, 1.54) is 0 Å². The third-order valence-electron chi connectivity index (χ3n) is 5.43. The van der Waals surface area contributed by atoms with Crippen LogP contribution in [0.2, 0.25) is 0 Å². The highest BCUT2D eigenvalue weighted by Crippen LogP contribution is 2.28. The molecule has 0 radical (unpaired) electrons. The largest absolute Gasteiger partial charge is 0.349 e. The molecular weight excluding hydrogens is 388 g/mol. The minimum Gasteiger partial charge on any atom is -0.349 e. The molecule has 8 heteroatoms. The van der Waals surface area contributed by atoms with E-state index in [-0.39, 0.29) is 23.4 Å². The molecule has 2 aromatic rings. The highest BCUT2D eigenvalue weighted by Gasteiger charge is 2.34. The van der Waals surface area contributed by atoms with Crippen LogP contribution in [0.15, 0.2) is 63.9 Å². The van der Waals surface area contributed by atoms with Crippen LogP contribution in [0.5, 0.6) is 0 Å². The van der Waals surface area contributed by atoms with Gasteiger partial charge in [0.15, 0.2) is 5.84 Å². The molecule has 0 aliphatic carbocycles. The Labute approximate surface area is 171 Å². The van der Waals surface area contributed by atoms with E-state index >= 15 is 0 Å². The number of benzene rings is 2. The van der Waals surface area contributed by atoms with E-state index in [0.29, 0.717) is 17.9 Å². The number of hydrogen-bond acceptors (Lipinski definition) is 5. The van der Waals surface area contributed by atoms with Gasteiger partial charge in [0.2, 0.25) is 5.91 Å². The number of sulfonamides is 1. The summed E-state index contributed by atoms with van der Waals surface area (Å²) in [6.07, 6.45) is 0. The summed E-state index contributed by atoms with van der Waals surface area (Å²) >= 11 is 0. The van der Waals surface area contributed by atoms with Gasteiger partial charge in [-0.3, -0.25) is 4.79 Å².